The van der Waals surface area contributed by atoms with Crippen molar-refractivity contribution in [3.05, 3.63) is 34.9 Å². The first kappa shape index (κ1) is 10.3. The van der Waals surface area contributed by atoms with Gasteiger partial charge in [-0.1, -0.05) is 18.2 Å². The van der Waals surface area contributed by atoms with E-state index in [1.165, 1.54) is 24.8 Å². The van der Waals surface area contributed by atoms with Crippen LogP contribution in [0.5, 0.6) is 0 Å². The average molecular weight is 217 g/mol. The quantitative estimate of drug-likeness (QED) is 0.779. The van der Waals surface area contributed by atoms with Crippen molar-refractivity contribution in [3.63, 3.8) is 0 Å². The highest BCUT2D eigenvalue weighted by molar-refractivity contribution is 5.39. The minimum Gasteiger partial charge on any atom is -0.381 e. The third-order valence-corrected chi connectivity index (χ3v) is 3.84. The van der Waals surface area contributed by atoms with Crippen LogP contribution in [0.4, 0.5) is 0 Å². The lowest BCUT2D eigenvalue weighted by Crippen LogP contribution is -2.26. The summed E-state index contributed by atoms with van der Waals surface area (Å²) in [5.41, 5.74) is 4.73. The van der Waals surface area contributed by atoms with Gasteiger partial charge in [0.25, 0.3) is 0 Å². The van der Waals surface area contributed by atoms with E-state index in [2.05, 4.69) is 23.5 Å². The Morgan fingerprint density at radius 3 is 2.94 bits per heavy atom. The molecular formula is C14H19NO. The summed E-state index contributed by atoms with van der Waals surface area (Å²) in [6.45, 7) is 4.05. The minimum atomic E-state index is 0.738. The molecule has 0 amide bonds. The molecule has 2 heterocycles. The molecule has 2 aliphatic heterocycles. The Labute approximate surface area is 97.0 Å². The van der Waals surface area contributed by atoms with Crippen molar-refractivity contribution in [3.8, 4) is 0 Å². The van der Waals surface area contributed by atoms with Crippen LogP contribution in [0, 0.1) is 0 Å². The number of hydrogen-bond donors (Lipinski definition) is 1. The van der Waals surface area contributed by atoms with Crippen LogP contribution < -0.4 is 5.32 Å². The van der Waals surface area contributed by atoms with Gasteiger partial charge >= 0.3 is 0 Å². The molecule has 0 bridgehead atoms. The van der Waals surface area contributed by atoms with E-state index in [-0.39, 0.29) is 0 Å². The van der Waals surface area contributed by atoms with Crippen molar-refractivity contribution in [2.75, 3.05) is 19.8 Å². The Morgan fingerprint density at radius 2 is 2.06 bits per heavy atom. The predicted octanol–water partition coefficient (Wildman–Crippen LogP) is 2.23. The number of benzene rings is 1. The average Bonchev–Trinajstić information content (AvgIpc) is 2.39. The number of ether oxygens (including phenoxy) is 1. The van der Waals surface area contributed by atoms with E-state index in [0.29, 0.717) is 0 Å². The van der Waals surface area contributed by atoms with Gasteiger partial charge in [0.05, 0.1) is 0 Å². The first-order chi connectivity index (χ1) is 7.95. The zero-order valence-corrected chi connectivity index (χ0v) is 9.67. The van der Waals surface area contributed by atoms with E-state index in [9.17, 15) is 0 Å². The Bertz CT molecular complexity index is 369. The highest BCUT2D eigenvalue weighted by Gasteiger charge is 2.21. The third-order valence-electron chi connectivity index (χ3n) is 3.84. The second-order valence-electron chi connectivity index (χ2n) is 4.80. The topological polar surface area (TPSA) is 21.3 Å². The molecule has 0 aromatic heterocycles. The van der Waals surface area contributed by atoms with Gasteiger partial charge in [0.2, 0.25) is 0 Å². The van der Waals surface area contributed by atoms with Crippen LogP contribution in [0.25, 0.3) is 0 Å². The summed E-state index contributed by atoms with van der Waals surface area (Å²) < 4.78 is 5.45. The molecule has 1 fully saturated rings. The molecule has 0 aliphatic carbocycles. The lowest BCUT2D eigenvalue weighted by Gasteiger charge is -2.28. The fourth-order valence-electron chi connectivity index (χ4n) is 2.95. The molecule has 2 heteroatoms. The molecule has 1 aromatic carbocycles. The van der Waals surface area contributed by atoms with E-state index in [1.807, 2.05) is 0 Å². The van der Waals surface area contributed by atoms with Crippen LogP contribution in [0.1, 0.15) is 35.4 Å². The van der Waals surface area contributed by atoms with Gasteiger partial charge in [-0.2, -0.15) is 0 Å². The number of fused-ring (bicyclic) bond motifs is 1. The molecule has 1 N–H and O–H groups in total. The van der Waals surface area contributed by atoms with Gasteiger partial charge in [0, 0.05) is 19.8 Å². The summed E-state index contributed by atoms with van der Waals surface area (Å²) in [6.07, 6.45) is 3.59. The van der Waals surface area contributed by atoms with Crippen LogP contribution in [0.15, 0.2) is 18.2 Å². The van der Waals surface area contributed by atoms with Gasteiger partial charge in [-0.15, -0.1) is 0 Å². The van der Waals surface area contributed by atoms with E-state index >= 15 is 0 Å². The molecule has 16 heavy (non-hydrogen) atoms. The molecule has 0 spiro atoms. The molecule has 1 saturated heterocycles. The summed E-state index contributed by atoms with van der Waals surface area (Å²) >= 11 is 0. The predicted molar refractivity (Wildman–Crippen MR) is 64.6 cm³/mol. The molecule has 1 aromatic rings. The first-order valence-electron chi connectivity index (χ1n) is 6.34. The Hall–Kier alpha value is -0.860. The summed E-state index contributed by atoms with van der Waals surface area (Å²) in [5, 5.41) is 3.45. The van der Waals surface area contributed by atoms with Crippen molar-refractivity contribution in [2.24, 2.45) is 0 Å². The fourth-order valence-corrected chi connectivity index (χ4v) is 2.95. The van der Waals surface area contributed by atoms with Gasteiger partial charge in [-0.05, 0) is 48.4 Å². The molecule has 0 unspecified atom stereocenters. The lowest BCUT2D eigenvalue weighted by atomic mass is 9.84. The van der Waals surface area contributed by atoms with E-state index in [4.69, 9.17) is 4.74 Å². The maximum atomic E-state index is 5.45. The zero-order valence-electron chi connectivity index (χ0n) is 9.67. The summed E-state index contributed by atoms with van der Waals surface area (Å²) in [5.74, 6) is 0.738. The molecule has 0 radical (unpaired) electrons. The maximum absolute atomic E-state index is 5.45. The Morgan fingerprint density at radius 1 is 1.19 bits per heavy atom. The van der Waals surface area contributed by atoms with E-state index < -0.39 is 0 Å². The molecular weight excluding hydrogens is 198 g/mol. The first-order valence-corrected chi connectivity index (χ1v) is 6.34. The molecule has 0 atom stereocenters. The molecule has 2 aliphatic rings. The second kappa shape index (κ2) is 4.56. The van der Waals surface area contributed by atoms with Crippen molar-refractivity contribution >= 4 is 0 Å². The van der Waals surface area contributed by atoms with E-state index in [1.54, 1.807) is 11.1 Å². The monoisotopic (exact) mass is 217 g/mol. The summed E-state index contributed by atoms with van der Waals surface area (Å²) in [7, 11) is 0. The Kier molecular flexibility index (Phi) is 2.94. The van der Waals surface area contributed by atoms with Crippen molar-refractivity contribution in [2.45, 2.75) is 31.7 Å². The van der Waals surface area contributed by atoms with Crippen molar-refractivity contribution < 1.29 is 4.74 Å². The molecule has 0 saturated carbocycles. The standard InChI is InChI=1S/C14H19NO/c1-2-12-10-15-7-4-14(12)13(3-1)11-5-8-16-9-6-11/h1-3,11,15H,4-10H2. The summed E-state index contributed by atoms with van der Waals surface area (Å²) in [4.78, 5) is 0. The van der Waals surface area contributed by atoms with Gasteiger partial charge in [0.15, 0.2) is 0 Å². The van der Waals surface area contributed by atoms with Gasteiger partial charge in [-0.25, -0.2) is 0 Å². The van der Waals surface area contributed by atoms with Gasteiger partial charge in [0.1, 0.15) is 0 Å². The van der Waals surface area contributed by atoms with Gasteiger partial charge < -0.3 is 10.1 Å². The second-order valence-corrected chi connectivity index (χ2v) is 4.80. The molecule has 86 valence electrons. The number of nitrogens with one attached hydrogen (secondary N) is 1. The van der Waals surface area contributed by atoms with Crippen LogP contribution in [-0.2, 0) is 17.7 Å². The van der Waals surface area contributed by atoms with E-state index in [0.717, 1.165) is 32.2 Å². The maximum Gasteiger partial charge on any atom is 0.0471 e. The largest absolute Gasteiger partial charge is 0.381 e. The Balaban J connectivity index is 1.93. The van der Waals surface area contributed by atoms with Crippen LogP contribution in [-0.4, -0.2) is 19.8 Å². The SMILES string of the molecule is c1cc2c(c(C3CCOCC3)c1)CCNC2. The lowest BCUT2D eigenvalue weighted by molar-refractivity contribution is 0.0851. The zero-order chi connectivity index (χ0) is 10.8. The third kappa shape index (κ3) is 1.87. The highest BCUT2D eigenvalue weighted by atomic mass is 16.5. The van der Waals surface area contributed by atoms with Crippen molar-refractivity contribution in [1.29, 1.82) is 0 Å². The van der Waals surface area contributed by atoms with Gasteiger partial charge in [-0.3, -0.25) is 0 Å². The van der Waals surface area contributed by atoms with Crippen LogP contribution >= 0.6 is 0 Å². The number of hydrogen-bond acceptors (Lipinski definition) is 2. The minimum absolute atomic E-state index is 0.738. The normalized spacial score (nSPS) is 21.8. The highest BCUT2D eigenvalue weighted by Crippen LogP contribution is 2.32. The molecule has 2 nitrogen and oxygen atoms in total. The van der Waals surface area contributed by atoms with Crippen LogP contribution in [0.3, 0.4) is 0 Å². The summed E-state index contributed by atoms with van der Waals surface area (Å²) in [6, 6.07) is 6.82. The van der Waals surface area contributed by atoms with Crippen molar-refractivity contribution in [1.82, 2.24) is 5.32 Å². The fraction of sp³-hybridized carbons (Fsp3) is 0.571. The number of rotatable bonds is 1. The van der Waals surface area contributed by atoms with Crippen LogP contribution in [0.2, 0.25) is 0 Å². The smallest absolute Gasteiger partial charge is 0.0471 e. The molecule has 3 rings (SSSR count).